The number of fused-ring (bicyclic) bond motifs is 1. The van der Waals surface area contributed by atoms with Crippen LogP contribution < -0.4 is 9.47 Å². The Hall–Kier alpha value is -3.00. The number of aliphatic hydroxyl groups excluding tert-OH is 1. The van der Waals surface area contributed by atoms with Gasteiger partial charge in [-0.25, -0.2) is 0 Å². The van der Waals surface area contributed by atoms with Crippen LogP contribution in [0.1, 0.15) is 37.8 Å². The van der Waals surface area contributed by atoms with Gasteiger partial charge < -0.3 is 20.1 Å². The van der Waals surface area contributed by atoms with Crippen LogP contribution in [0, 0.1) is 11.8 Å². The van der Waals surface area contributed by atoms with Crippen molar-refractivity contribution in [2.24, 2.45) is 11.8 Å². The van der Waals surface area contributed by atoms with Crippen LogP contribution in [0.2, 0.25) is 0 Å². The van der Waals surface area contributed by atoms with Gasteiger partial charge in [-0.3, -0.25) is 9.00 Å². The first-order valence-electron chi connectivity index (χ1n) is 12.5. The smallest absolute Gasteiger partial charge is 0.231 e. The SMILES string of the molecule is CC(C)[C@H](CO)CS(=O)c1ccc(-c2cccc(CC(=O)C3(c4ccc5c(c4)OCO5)CC3)c2)cc1.O. The molecule has 7 heteroatoms. The largest absolute Gasteiger partial charge is 0.454 e. The summed E-state index contributed by atoms with van der Waals surface area (Å²) < 4.78 is 23.7. The molecule has 1 aliphatic carbocycles. The Labute approximate surface area is 220 Å². The highest BCUT2D eigenvalue weighted by Crippen LogP contribution is 2.51. The zero-order valence-corrected chi connectivity index (χ0v) is 22.1. The van der Waals surface area contributed by atoms with Crippen LogP contribution in [0.3, 0.4) is 0 Å². The molecule has 3 aromatic carbocycles. The van der Waals surface area contributed by atoms with Crippen molar-refractivity contribution >= 4 is 16.6 Å². The Kier molecular flexibility index (Phi) is 8.17. The van der Waals surface area contributed by atoms with Gasteiger partial charge in [0, 0.05) is 23.7 Å². The summed E-state index contributed by atoms with van der Waals surface area (Å²) in [5.41, 5.74) is 3.62. The molecule has 0 radical (unpaired) electrons. The molecule has 6 nitrogen and oxygen atoms in total. The predicted octanol–water partition coefficient (Wildman–Crippen LogP) is 4.47. The highest BCUT2D eigenvalue weighted by molar-refractivity contribution is 7.85. The Bertz CT molecular complexity index is 1280. The first-order chi connectivity index (χ1) is 17.4. The molecule has 3 N–H and O–H groups in total. The lowest BCUT2D eigenvalue weighted by molar-refractivity contribution is -0.120. The van der Waals surface area contributed by atoms with E-state index in [0.717, 1.165) is 45.7 Å². The standard InChI is InChI=1S/C30H32O5S.H2O/c1-20(2)24(17-31)18-36(33)26-9-6-22(7-10-26)23-5-3-4-21(14-23)15-29(32)30(12-13-30)25-8-11-27-28(16-25)35-19-34-27;/h3-11,14,16,20,24,31H,12-13,15,17-19H2,1-2H3;1H2/t24-,36?;/m1./s1. The monoisotopic (exact) mass is 522 g/mol. The van der Waals surface area contributed by atoms with E-state index < -0.39 is 16.2 Å². The maximum absolute atomic E-state index is 13.4. The lowest BCUT2D eigenvalue weighted by Gasteiger charge is -2.17. The van der Waals surface area contributed by atoms with E-state index >= 15 is 0 Å². The summed E-state index contributed by atoms with van der Waals surface area (Å²) in [7, 11) is -1.15. The number of hydrogen-bond donors (Lipinski definition) is 1. The van der Waals surface area contributed by atoms with Gasteiger partial charge in [0.15, 0.2) is 11.5 Å². The van der Waals surface area contributed by atoms with Crippen LogP contribution in [0.5, 0.6) is 11.5 Å². The van der Waals surface area contributed by atoms with E-state index in [0.29, 0.717) is 17.9 Å². The number of carbonyl (C=O) groups is 1. The molecular formula is C30H34O6S. The molecule has 0 bridgehead atoms. The molecule has 0 spiro atoms. The molecule has 1 heterocycles. The topological polar surface area (TPSA) is 104 Å². The van der Waals surface area contributed by atoms with Crippen LogP contribution in [-0.4, -0.2) is 39.7 Å². The van der Waals surface area contributed by atoms with Crippen molar-refractivity contribution in [3.8, 4) is 22.6 Å². The Morgan fingerprint density at radius 1 is 0.973 bits per heavy atom. The molecule has 0 amide bonds. The molecule has 1 unspecified atom stereocenters. The third kappa shape index (κ3) is 5.64. The normalized spacial score (nSPS) is 16.6. The minimum Gasteiger partial charge on any atom is -0.454 e. The summed E-state index contributed by atoms with van der Waals surface area (Å²) in [6.07, 6.45) is 2.09. The van der Waals surface area contributed by atoms with Gasteiger partial charge in [0.25, 0.3) is 0 Å². The van der Waals surface area contributed by atoms with E-state index in [1.807, 2.05) is 74.5 Å². The second kappa shape index (κ2) is 11.2. The number of benzene rings is 3. The number of ketones is 1. The first-order valence-corrected chi connectivity index (χ1v) is 13.8. The molecule has 37 heavy (non-hydrogen) atoms. The quantitative estimate of drug-likeness (QED) is 0.423. The second-order valence-corrected chi connectivity index (χ2v) is 11.7. The Morgan fingerprint density at radius 3 is 2.38 bits per heavy atom. The van der Waals surface area contributed by atoms with Crippen molar-refractivity contribution in [2.75, 3.05) is 19.2 Å². The molecule has 1 fully saturated rings. The maximum atomic E-state index is 13.4. The average Bonchev–Trinajstić information content (AvgIpc) is 3.58. The summed E-state index contributed by atoms with van der Waals surface area (Å²) in [6.45, 7) is 4.35. The van der Waals surface area contributed by atoms with Crippen LogP contribution in [0.4, 0.5) is 0 Å². The van der Waals surface area contributed by atoms with Gasteiger partial charge in [-0.1, -0.05) is 56.3 Å². The van der Waals surface area contributed by atoms with E-state index in [1.165, 1.54) is 0 Å². The van der Waals surface area contributed by atoms with Crippen molar-refractivity contribution in [3.63, 3.8) is 0 Å². The number of aliphatic hydroxyl groups is 1. The molecule has 0 saturated heterocycles. The first kappa shape index (κ1) is 27.0. The van der Waals surface area contributed by atoms with Gasteiger partial charge >= 0.3 is 0 Å². The minimum absolute atomic E-state index is 0. The molecule has 196 valence electrons. The molecule has 1 saturated carbocycles. The third-order valence-corrected chi connectivity index (χ3v) is 9.02. The summed E-state index contributed by atoms with van der Waals surface area (Å²) in [5.74, 6) is 2.44. The molecule has 1 aliphatic heterocycles. The van der Waals surface area contributed by atoms with Crippen molar-refractivity contribution in [1.29, 1.82) is 0 Å². The lowest BCUT2D eigenvalue weighted by Crippen LogP contribution is -2.22. The van der Waals surface area contributed by atoms with Crippen molar-refractivity contribution in [3.05, 3.63) is 77.9 Å². The molecular weight excluding hydrogens is 488 g/mol. The third-order valence-electron chi connectivity index (χ3n) is 7.49. The molecule has 2 aliphatic rings. The predicted molar refractivity (Wildman–Crippen MR) is 144 cm³/mol. The molecule has 2 atom stereocenters. The van der Waals surface area contributed by atoms with Crippen LogP contribution >= 0.6 is 0 Å². The van der Waals surface area contributed by atoms with Gasteiger partial charge in [0.2, 0.25) is 6.79 Å². The number of hydrogen-bond acceptors (Lipinski definition) is 5. The van der Waals surface area contributed by atoms with Gasteiger partial charge in [0.1, 0.15) is 5.78 Å². The zero-order chi connectivity index (χ0) is 25.3. The average molecular weight is 523 g/mol. The molecule has 3 aromatic rings. The summed E-state index contributed by atoms with van der Waals surface area (Å²) in [6, 6.07) is 21.7. The van der Waals surface area contributed by atoms with E-state index in [4.69, 9.17) is 9.47 Å². The fourth-order valence-corrected chi connectivity index (χ4v) is 6.32. The summed E-state index contributed by atoms with van der Waals surface area (Å²) in [4.78, 5) is 14.2. The zero-order valence-electron chi connectivity index (χ0n) is 21.2. The molecule has 5 rings (SSSR count). The summed E-state index contributed by atoms with van der Waals surface area (Å²) in [5, 5.41) is 9.56. The maximum Gasteiger partial charge on any atom is 0.231 e. The highest BCUT2D eigenvalue weighted by Gasteiger charge is 2.50. The Morgan fingerprint density at radius 2 is 1.70 bits per heavy atom. The van der Waals surface area contributed by atoms with E-state index in [1.54, 1.807) is 0 Å². The second-order valence-electron chi connectivity index (χ2n) is 10.2. The van der Waals surface area contributed by atoms with E-state index in [9.17, 15) is 14.1 Å². The van der Waals surface area contributed by atoms with Gasteiger partial charge in [-0.15, -0.1) is 0 Å². The van der Waals surface area contributed by atoms with Crippen molar-refractivity contribution in [2.45, 2.75) is 43.4 Å². The summed E-state index contributed by atoms with van der Waals surface area (Å²) >= 11 is 0. The van der Waals surface area contributed by atoms with Crippen LogP contribution in [0.25, 0.3) is 11.1 Å². The molecule has 0 aromatic heterocycles. The van der Waals surface area contributed by atoms with Crippen LogP contribution in [-0.2, 0) is 27.4 Å². The number of rotatable bonds is 10. The number of ether oxygens (including phenoxy) is 2. The van der Waals surface area contributed by atoms with E-state index in [2.05, 4.69) is 6.07 Å². The van der Waals surface area contributed by atoms with Gasteiger partial charge in [-0.05, 0) is 71.2 Å². The fraction of sp³-hybridized carbons (Fsp3) is 0.367. The lowest BCUT2D eigenvalue weighted by atomic mass is 9.87. The fourth-order valence-electron chi connectivity index (χ4n) is 4.81. The number of carbonyl (C=O) groups excluding carboxylic acids is 1. The van der Waals surface area contributed by atoms with Crippen LogP contribution in [0.15, 0.2) is 71.6 Å². The van der Waals surface area contributed by atoms with Crippen molar-refractivity contribution in [1.82, 2.24) is 0 Å². The highest BCUT2D eigenvalue weighted by atomic mass is 32.2. The van der Waals surface area contributed by atoms with Gasteiger partial charge in [0.05, 0.1) is 16.2 Å². The van der Waals surface area contributed by atoms with E-state index in [-0.39, 0.29) is 36.5 Å². The number of Topliss-reactive ketones (excluding diaryl/α,β-unsaturated/α-hetero) is 1. The van der Waals surface area contributed by atoms with Crippen molar-refractivity contribution < 1.29 is 29.1 Å². The minimum atomic E-state index is -1.15. The van der Waals surface area contributed by atoms with Gasteiger partial charge in [-0.2, -0.15) is 0 Å². The Balaban J connectivity index is 0.00000320.